The average Bonchev–Trinajstić information content (AvgIpc) is 2.67. The molecule has 0 N–H and O–H groups in total. The van der Waals surface area contributed by atoms with Gasteiger partial charge in [-0.15, -0.1) is 0 Å². The van der Waals surface area contributed by atoms with Crippen LogP contribution in [-0.4, -0.2) is 38.9 Å². The van der Waals surface area contributed by atoms with Crippen molar-refractivity contribution in [2.24, 2.45) is 0 Å². The minimum atomic E-state index is -0.517. The van der Waals surface area contributed by atoms with Crippen molar-refractivity contribution in [3.8, 4) is 11.5 Å². The molecule has 0 spiro atoms. The molecule has 0 radical (unpaired) electrons. The second kappa shape index (κ2) is 10.2. The maximum absolute atomic E-state index is 12.2. The van der Waals surface area contributed by atoms with Crippen LogP contribution in [0.25, 0.3) is 0 Å². The number of ether oxygens (including phenoxy) is 4. The highest BCUT2D eigenvalue weighted by molar-refractivity contribution is 5.92. The normalized spacial score (nSPS) is 10.2. The Labute approximate surface area is 152 Å². The molecule has 0 aliphatic carbocycles. The number of hydrogen-bond acceptors (Lipinski definition) is 6. The quantitative estimate of drug-likeness (QED) is 0.388. The van der Waals surface area contributed by atoms with Gasteiger partial charge in [0.05, 0.1) is 24.3 Å². The monoisotopic (exact) mass is 358 g/mol. The predicted octanol–water partition coefficient (Wildman–Crippen LogP) is 3.50. The molecule has 0 aliphatic heterocycles. The predicted molar refractivity (Wildman–Crippen MR) is 95.8 cm³/mol. The van der Waals surface area contributed by atoms with Crippen molar-refractivity contribution in [2.45, 2.75) is 13.3 Å². The molecule has 0 aliphatic rings. The summed E-state index contributed by atoms with van der Waals surface area (Å²) in [6.07, 6.45) is 0.911. The molecule has 0 aromatic heterocycles. The van der Waals surface area contributed by atoms with Crippen molar-refractivity contribution >= 4 is 11.9 Å². The molecular weight excluding hydrogens is 336 g/mol. The highest BCUT2D eigenvalue weighted by Gasteiger charge is 2.12. The molecule has 0 saturated heterocycles. The first-order valence-electron chi connectivity index (χ1n) is 8.35. The lowest BCUT2D eigenvalue weighted by molar-refractivity contribution is 0.0387. The Hall–Kier alpha value is -2.86. The number of carbonyl (C=O) groups excluding carboxylic acids is 2. The van der Waals surface area contributed by atoms with Gasteiger partial charge >= 0.3 is 11.9 Å². The largest absolute Gasteiger partial charge is 0.494 e. The van der Waals surface area contributed by atoms with Crippen LogP contribution < -0.4 is 9.47 Å². The molecule has 138 valence electrons. The maximum Gasteiger partial charge on any atom is 0.343 e. The third-order valence-corrected chi connectivity index (χ3v) is 3.36. The van der Waals surface area contributed by atoms with Gasteiger partial charge in [0.2, 0.25) is 0 Å². The van der Waals surface area contributed by atoms with Crippen molar-refractivity contribution in [3.63, 3.8) is 0 Å². The Morgan fingerprint density at radius 1 is 0.846 bits per heavy atom. The first-order valence-corrected chi connectivity index (χ1v) is 8.35. The van der Waals surface area contributed by atoms with Crippen LogP contribution >= 0.6 is 0 Å². The molecule has 0 heterocycles. The summed E-state index contributed by atoms with van der Waals surface area (Å²) in [7, 11) is 1.52. The van der Waals surface area contributed by atoms with E-state index in [4.69, 9.17) is 18.9 Å². The van der Waals surface area contributed by atoms with Crippen LogP contribution in [0.4, 0.5) is 0 Å². The van der Waals surface area contributed by atoms with E-state index in [9.17, 15) is 9.59 Å². The fourth-order valence-corrected chi connectivity index (χ4v) is 2.06. The highest BCUT2D eigenvalue weighted by Crippen LogP contribution is 2.18. The van der Waals surface area contributed by atoms with Gasteiger partial charge in [-0.05, 0) is 48.9 Å². The zero-order valence-electron chi connectivity index (χ0n) is 14.9. The first kappa shape index (κ1) is 19.5. The lowest BCUT2D eigenvalue weighted by atomic mass is 10.2. The van der Waals surface area contributed by atoms with Crippen LogP contribution in [0.2, 0.25) is 0 Å². The Morgan fingerprint density at radius 3 is 2.31 bits per heavy atom. The lowest BCUT2D eigenvalue weighted by Crippen LogP contribution is -2.11. The third kappa shape index (κ3) is 5.89. The molecule has 0 atom stereocenters. The van der Waals surface area contributed by atoms with Gasteiger partial charge in [-0.25, -0.2) is 9.59 Å². The van der Waals surface area contributed by atoms with Crippen LogP contribution in [0.15, 0.2) is 48.5 Å². The van der Waals surface area contributed by atoms with E-state index in [-0.39, 0.29) is 12.4 Å². The van der Waals surface area contributed by atoms with Gasteiger partial charge in [0.1, 0.15) is 18.1 Å². The zero-order valence-corrected chi connectivity index (χ0v) is 14.9. The molecule has 0 amide bonds. The van der Waals surface area contributed by atoms with Crippen LogP contribution in [0.5, 0.6) is 11.5 Å². The SMILES string of the molecule is CCCOc1ccc(C(=O)Oc2cccc(C(=O)OCCOC)c2)cc1. The summed E-state index contributed by atoms with van der Waals surface area (Å²) >= 11 is 0. The minimum absolute atomic E-state index is 0.159. The van der Waals surface area contributed by atoms with Crippen molar-refractivity contribution in [3.05, 3.63) is 59.7 Å². The summed E-state index contributed by atoms with van der Waals surface area (Å²) in [6, 6.07) is 13.0. The maximum atomic E-state index is 12.2. The molecule has 6 heteroatoms. The minimum Gasteiger partial charge on any atom is -0.494 e. The Kier molecular flexibility index (Phi) is 7.64. The van der Waals surface area contributed by atoms with Gasteiger partial charge in [-0.2, -0.15) is 0 Å². The van der Waals surface area contributed by atoms with E-state index in [2.05, 4.69) is 0 Å². The Bertz CT molecular complexity index is 723. The topological polar surface area (TPSA) is 71.1 Å². The molecule has 0 unspecified atom stereocenters. The van der Waals surface area contributed by atoms with E-state index in [1.807, 2.05) is 6.92 Å². The Balaban J connectivity index is 1.98. The summed E-state index contributed by atoms with van der Waals surface area (Å²) < 4.78 is 20.7. The number of esters is 2. The standard InChI is InChI=1S/C20H22O6/c1-3-11-24-17-9-7-15(8-10-17)20(22)26-18-6-4-5-16(14-18)19(21)25-13-12-23-2/h4-10,14H,3,11-13H2,1-2H3. The number of carbonyl (C=O) groups is 2. The van der Waals surface area contributed by atoms with Crippen molar-refractivity contribution in [1.82, 2.24) is 0 Å². The second-order valence-electron chi connectivity index (χ2n) is 5.42. The molecule has 0 saturated carbocycles. The molecule has 0 bridgehead atoms. The van der Waals surface area contributed by atoms with Crippen molar-refractivity contribution < 1.29 is 28.5 Å². The van der Waals surface area contributed by atoms with Gasteiger partial charge in [-0.3, -0.25) is 0 Å². The number of rotatable bonds is 9. The molecule has 0 fully saturated rings. The van der Waals surface area contributed by atoms with Gasteiger partial charge in [0, 0.05) is 7.11 Å². The fourth-order valence-electron chi connectivity index (χ4n) is 2.06. The summed E-state index contributed by atoms with van der Waals surface area (Å²) in [5, 5.41) is 0. The Morgan fingerprint density at radius 2 is 1.62 bits per heavy atom. The van der Waals surface area contributed by atoms with Crippen molar-refractivity contribution in [2.75, 3.05) is 26.9 Å². The lowest BCUT2D eigenvalue weighted by Gasteiger charge is -2.08. The van der Waals surface area contributed by atoms with Crippen molar-refractivity contribution in [1.29, 1.82) is 0 Å². The van der Waals surface area contributed by atoms with Gasteiger partial charge in [0.25, 0.3) is 0 Å². The van der Waals surface area contributed by atoms with Crippen LogP contribution in [0, 0.1) is 0 Å². The summed E-state index contributed by atoms with van der Waals surface area (Å²) in [5.74, 6) is -0.0546. The molecule has 26 heavy (non-hydrogen) atoms. The smallest absolute Gasteiger partial charge is 0.343 e. The summed E-state index contributed by atoms with van der Waals surface area (Å²) in [6.45, 7) is 3.12. The second-order valence-corrected chi connectivity index (χ2v) is 5.42. The van der Waals surface area contributed by atoms with Crippen LogP contribution in [0.3, 0.4) is 0 Å². The number of hydrogen-bond donors (Lipinski definition) is 0. The highest BCUT2D eigenvalue weighted by atomic mass is 16.6. The van der Waals surface area contributed by atoms with E-state index in [1.165, 1.54) is 13.2 Å². The van der Waals surface area contributed by atoms with E-state index >= 15 is 0 Å². The van der Waals surface area contributed by atoms with E-state index < -0.39 is 11.9 Å². The molecule has 2 aromatic carbocycles. The van der Waals surface area contributed by atoms with E-state index in [1.54, 1.807) is 42.5 Å². The van der Waals surface area contributed by atoms with Gasteiger partial charge < -0.3 is 18.9 Å². The van der Waals surface area contributed by atoms with Crippen LogP contribution in [-0.2, 0) is 9.47 Å². The van der Waals surface area contributed by atoms with E-state index in [0.29, 0.717) is 30.1 Å². The first-order chi connectivity index (χ1) is 12.6. The third-order valence-electron chi connectivity index (χ3n) is 3.36. The fraction of sp³-hybridized carbons (Fsp3) is 0.300. The molecular formula is C20H22O6. The summed E-state index contributed by atoms with van der Waals surface area (Å²) in [5.41, 5.74) is 0.691. The van der Waals surface area contributed by atoms with E-state index in [0.717, 1.165) is 6.42 Å². The number of methoxy groups -OCH3 is 1. The zero-order chi connectivity index (χ0) is 18.8. The average molecular weight is 358 g/mol. The summed E-state index contributed by atoms with van der Waals surface area (Å²) in [4.78, 5) is 24.2. The van der Waals surface area contributed by atoms with Crippen LogP contribution in [0.1, 0.15) is 34.1 Å². The molecule has 2 rings (SSSR count). The number of benzene rings is 2. The van der Waals surface area contributed by atoms with Gasteiger partial charge in [0.15, 0.2) is 0 Å². The molecule has 2 aromatic rings. The van der Waals surface area contributed by atoms with Gasteiger partial charge in [-0.1, -0.05) is 13.0 Å². The molecule has 6 nitrogen and oxygen atoms in total.